The lowest BCUT2D eigenvalue weighted by Gasteiger charge is -2.23. The number of imidazole rings is 1. The summed E-state index contributed by atoms with van der Waals surface area (Å²) in [5.41, 5.74) is 3.00. The van der Waals surface area contributed by atoms with Crippen molar-refractivity contribution in [3.63, 3.8) is 0 Å². The highest BCUT2D eigenvalue weighted by atomic mass is 19.1. The van der Waals surface area contributed by atoms with Crippen LogP contribution in [0.1, 0.15) is 30.1 Å². The first-order chi connectivity index (χ1) is 11.3. The maximum absolute atomic E-state index is 13.6. The minimum absolute atomic E-state index is 0.227. The van der Waals surface area contributed by atoms with Gasteiger partial charge in [-0.1, -0.05) is 30.3 Å². The van der Waals surface area contributed by atoms with E-state index in [1.54, 1.807) is 0 Å². The molecule has 118 valence electrons. The van der Waals surface area contributed by atoms with Gasteiger partial charge in [0, 0.05) is 25.1 Å². The molecule has 0 bridgehead atoms. The van der Waals surface area contributed by atoms with Crippen LogP contribution in [0.4, 0.5) is 4.39 Å². The molecule has 3 aromatic rings. The number of fused-ring (bicyclic) bond motifs is 1. The van der Waals surface area contributed by atoms with Gasteiger partial charge >= 0.3 is 0 Å². The summed E-state index contributed by atoms with van der Waals surface area (Å²) in [6, 6.07) is 15.3. The quantitative estimate of drug-likeness (QED) is 0.799. The standard InChI is InChI=1S/C19H20FN3/c20-16-8-9-18-17(11-16)22-19(15-7-4-10-21-12-15)23(18)13-14-5-2-1-3-6-14/h1-3,5-6,8-9,11,15,21H,4,7,10,12-13H2. The largest absolute Gasteiger partial charge is 0.323 e. The molecule has 1 aromatic heterocycles. The van der Waals surface area contributed by atoms with Gasteiger partial charge in [-0.25, -0.2) is 9.37 Å². The molecule has 0 saturated carbocycles. The molecule has 1 unspecified atom stereocenters. The van der Waals surface area contributed by atoms with E-state index in [4.69, 9.17) is 4.98 Å². The van der Waals surface area contributed by atoms with Crippen molar-refractivity contribution in [2.45, 2.75) is 25.3 Å². The third-order valence-electron chi connectivity index (χ3n) is 4.59. The molecule has 2 aromatic carbocycles. The molecule has 1 fully saturated rings. The lowest BCUT2D eigenvalue weighted by Crippen LogP contribution is -2.30. The van der Waals surface area contributed by atoms with Gasteiger partial charge in [-0.05, 0) is 37.1 Å². The Labute approximate surface area is 135 Å². The number of aromatic nitrogens is 2. The second kappa shape index (κ2) is 6.13. The Hall–Kier alpha value is -2.20. The number of hydrogen-bond acceptors (Lipinski definition) is 2. The number of benzene rings is 2. The van der Waals surface area contributed by atoms with E-state index in [0.717, 1.165) is 49.3 Å². The van der Waals surface area contributed by atoms with Crippen molar-refractivity contribution in [1.82, 2.24) is 14.9 Å². The Morgan fingerprint density at radius 2 is 2.04 bits per heavy atom. The van der Waals surface area contributed by atoms with E-state index in [1.165, 1.54) is 17.7 Å². The van der Waals surface area contributed by atoms with Crippen molar-refractivity contribution in [2.75, 3.05) is 13.1 Å². The average molecular weight is 309 g/mol. The highest BCUT2D eigenvalue weighted by molar-refractivity contribution is 5.76. The van der Waals surface area contributed by atoms with Crippen LogP contribution in [0, 0.1) is 5.82 Å². The van der Waals surface area contributed by atoms with Crippen LogP contribution in [0.3, 0.4) is 0 Å². The molecule has 23 heavy (non-hydrogen) atoms. The summed E-state index contributed by atoms with van der Waals surface area (Å²) in [7, 11) is 0. The monoisotopic (exact) mass is 309 g/mol. The van der Waals surface area contributed by atoms with E-state index in [-0.39, 0.29) is 5.82 Å². The maximum Gasteiger partial charge on any atom is 0.125 e. The summed E-state index contributed by atoms with van der Waals surface area (Å²) in [5, 5.41) is 3.45. The molecule has 1 aliphatic rings. The first kappa shape index (κ1) is 14.4. The molecular weight excluding hydrogens is 289 g/mol. The van der Waals surface area contributed by atoms with Crippen molar-refractivity contribution >= 4 is 11.0 Å². The highest BCUT2D eigenvalue weighted by Crippen LogP contribution is 2.28. The lowest BCUT2D eigenvalue weighted by molar-refractivity contribution is 0.437. The molecule has 0 spiro atoms. The fourth-order valence-corrected chi connectivity index (χ4v) is 3.44. The van der Waals surface area contributed by atoms with Crippen LogP contribution in [-0.4, -0.2) is 22.6 Å². The zero-order chi connectivity index (χ0) is 15.6. The Bertz CT molecular complexity index is 804. The Kier molecular flexibility index (Phi) is 3.83. The molecule has 2 heterocycles. The summed E-state index contributed by atoms with van der Waals surface area (Å²) in [6.07, 6.45) is 2.29. The van der Waals surface area contributed by atoms with E-state index in [2.05, 4.69) is 34.1 Å². The lowest BCUT2D eigenvalue weighted by atomic mass is 9.99. The molecule has 1 saturated heterocycles. The van der Waals surface area contributed by atoms with Gasteiger partial charge in [-0.15, -0.1) is 0 Å². The van der Waals surface area contributed by atoms with E-state index < -0.39 is 0 Å². The summed E-state index contributed by atoms with van der Waals surface area (Å²) in [4.78, 5) is 4.78. The minimum atomic E-state index is -0.227. The molecule has 4 heteroatoms. The predicted molar refractivity (Wildman–Crippen MR) is 90.1 cm³/mol. The molecular formula is C19H20FN3. The summed E-state index contributed by atoms with van der Waals surface area (Å²) < 4.78 is 15.8. The normalized spacial score (nSPS) is 18.4. The topological polar surface area (TPSA) is 29.9 Å². The fraction of sp³-hybridized carbons (Fsp3) is 0.316. The van der Waals surface area contributed by atoms with Crippen molar-refractivity contribution < 1.29 is 4.39 Å². The van der Waals surface area contributed by atoms with Crippen molar-refractivity contribution in [2.24, 2.45) is 0 Å². The number of piperidine rings is 1. The number of rotatable bonds is 3. The number of halogens is 1. The van der Waals surface area contributed by atoms with Gasteiger partial charge in [-0.3, -0.25) is 0 Å². The van der Waals surface area contributed by atoms with Crippen molar-refractivity contribution in [3.05, 3.63) is 65.7 Å². The summed E-state index contributed by atoms with van der Waals surface area (Å²) in [6.45, 7) is 2.79. The predicted octanol–water partition coefficient (Wildman–Crippen LogP) is 3.69. The molecule has 1 N–H and O–H groups in total. The van der Waals surface area contributed by atoms with Crippen molar-refractivity contribution in [3.8, 4) is 0 Å². The summed E-state index contributed by atoms with van der Waals surface area (Å²) in [5.74, 6) is 1.24. The number of nitrogens with zero attached hydrogens (tertiary/aromatic N) is 2. The SMILES string of the molecule is Fc1ccc2c(c1)nc(C1CCCNC1)n2Cc1ccccc1. The van der Waals surface area contributed by atoms with Gasteiger partial charge in [0.2, 0.25) is 0 Å². The third kappa shape index (κ3) is 2.86. The Balaban J connectivity index is 1.81. The molecule has 0 amide bonds. The second-order valence-electron chi connectivity index (χ2n) is 6.22. The molecule has 1 aliphatic heterocycles. The van der Waals surface area contributed by atoms with Crippen LogP contribution in [0.25, 0.3) is 11.0 Å². The van der Waals surface area contributed by atoms with Crippen LogP contribution < -0.4 is 5.32 Å². The third-order valence-corrected chi connectivity index (χ3v) is 4.59. The fourth-order valence-electron chi connectivity index (χ4n) is 3.44. The number of hydrogen-bond donors (Lipinski definition) is 1. The number of nitrogens with one attached hydrogen (secondary N) is 1. The van der Waals surface area contributed by atoms with Gasteiger partial charge in [0.1, 0.15) is 11.6 Å². The van der Waals surface area contributed by atoms with Gasteiger partial charge in [0.05, 0.1) is 11.0 Å². The average Bonchev–Trinajstić information content (AvgIpc) is 2.94. The summed E-state index contributed by atoms with van der Waals surface area (Å²) >= 11 is 0. The van der Waals surface area contributed by atoms with E-state index in [9.17, 15) is 4.39 Å². The van der Waals surface area contributed by atoms with Crippen LogP contribution >= 0.6 is 0 Å². The second-order valence-corrected chi connectivity index (χ2v) is 6.22. The van der Waals surface area contributed by atoms with Crippen LogP contribution in [-0.2, 0) is 6.54 Å². The maximum atomic E-state index is 13.6. The first-order valence-electron chi connectivity index (χ1n) is 8.21. The van der Waals surface area contributed by atoms with Crippen molar-refractivity contribution in [1.29, 1.82) is 0 Å². The van der Waals surface area contributed by atoms with Gasteiger partial charge in [0.15, 0.2) is 0 Å². The van der Waals surface area contributed by atoms with Gasteiger partial charge < -0.3 is 9.88 Å². The van der Waals surface area contributed by atoms with Crippen LogP contribution in [0.5, 0.6) is 0 Å². The zero-order valence-corrected chi connectivity index (χ0v) is 13.0. The van der Waals surface area contributed by atoms with Crippen LogP contribution in [0.15, 0.2) is 48.5 Å². The Morgan fingerprint density at radius 1 is 1.17 bits per heavy atom. The molecule has 0 aliphatic carbocycles. The van der Waals surface area contributed by atoms with E-state index >= 15 is 0 Å². The van der Waals surface area contributed by atoms with E-state index in [1.807, 2.05) is 12.1 Å². The Morgan fingerprint density at radius 3 is 2.83 bits per heavy atom. The van der Waals surface area contributed by atoms with Crippen LogP contribution in [0.2, 0.25) is 0 Å². The molecule has 3 nitrogen and oxygen atoms in total. The molecule has 1 atom stereocenters. The smallest absolute Gasteiger partial charge is 0.125 e. The van der Waals surface area contributed by atoms with Gasteiger partial charge in [-0.2, -0.15) is 0 Å². The van der Waals surface area contributed by atoms with E-state index in [0.29, 0.717) is 5.92 Å². The molecule has 4 rings (SSSR count). The minimum Gasteiger partial charge on any atom is -0.323 e. The molecule has 0 radical (unpaired) electrons. The zero-order valence-electron chi connectivity index (χ0n) is 13.0. The van der Waals surface area contributed by atoms with Gasteiger partial charge in [0.25, 0.3) is 0 Å². The highest BCUT2D eigenvalue weighted by Gasteiger charge is 2.22. The first-order valence-corrected chi connectivity index (χ1v) is 8.21.